The highest BCUT2D eigenvalue weighted by Crippen LogP contribution is 2.36. The van der Waals surface area contributed by atoms with E-state index in [4.69, 9.17) is 0 Å². The fourth-order valence-electron chi connectivity index (χ4n) is 2.07. The molecule has 0 amide bonds. The minimum Gasteiger partial charge on any atom is -0.303 e. The van der Waals surface area contributed by atoms with E-state index in [1.807, 2.05) is 13.8 Å². The van der Waals surface area contributed by atoms with Gasteiger partial charge in [0.25, 0.3) is 0 Å². The maximum absolute atomic E-state index is 13.2. The number of rotatable bonds is 5. The van der Waals surface area contributed by atoms with Crippen molar-refractivity contribution in [3.63, 3.8) is 0 Å². The molecule has 0 N–H and O–H groups in total. The number of benzene rings is 1. The zero-order valence-corrected chi connectivity index (χ0v) is 10.1. The van der Waals surface area contributed by atoms with Crippen LogP contribution in [-0.4, -0.2) is 6.29 Å². The van der Waals surface area contributed by atoms with E-state index in [9.17, 15) is 14.4 Å². The molecular formula is C14H16FNO. The molecule has 0 spiro atoms. The van der Waals surface area contributed by atoms with Crippen LogP contribution in [-0.2, 0) is 10.2 Å². The largest absolute Gasteiger partial charge is 0.303 e. The molecule has 1 unspecified atom stereocenters. The molecule has 0 aromatic heterocycles. The summed E-state index contributed by atoms with van der Waals surface area (Å²) in [6, 6.07) is 8.35. The second-order valence-corrected chi connectivity index (χ2v) is 4.45. The Balaban J connectivity index is 3.22. The standard InChI is InChI=1S/C14H16FNO/c1-11(2)14(10-16,7-4-8-17)12-5-3-6-13(15)9-12/h3,5-6,8-9,11H,4,7H2,1-2H3. The van der Waals surface area contributed by atoms with Gasteiger partial charge in [0, 0.05) is 6.42 Å². The second kappa shape index (κ2) is 5.58. The lowest BCUT2D eigenvalue weighted by atomic mass is 9.70. The maximum Gasteiger partial charge on any atom is 0.123 e. The summed E-state index contributed by atoms with van der Waals surface area (Å²) in [6.45, 7) is 3.83. The van der Waals surface area contributed by atoms with Gasteiger partial charge in [-0.15, -0.1) is 0 Å². The number of carbonyl (C=O) groups excluding carboxylic acids is 1. The quantitative estimate of drug-likeness (QED) is 0.732. The summed E-state index contributed by atoms with van der Waals surface area (Å²) in [5.41, 5.74) is -0.139. The van der Waals surface area contributed by atoms with Crippen LogP contribution in [0, 0.1) is 23.1 Å². The summed E-state index contributed by atoms with van der Waals surface area (Å²) in [5, 5.41) is 9.43. The molecule has 0 saturated heterocycles. The summed E-state index contributed by atoms with van der Waals surface area (Å²) in [7, 11) is 0. The Morgan fingerprint density at radius 1 is 1.53 bits per heavy atom. The molecule has 90 valence electrons. The maximum atomic E-state index is 13.2. The lowest BCUT2D eigenvalue weighted by Crippen LogP contribution is -2.31. The topological polar surface area (TPSA) is 40.9 Å². The van der Waals surface area contributed by atoms with Crippen LogP contribution < -0.4 is 0 Å². The van der Waals surface area contributed by atoms with Crippen LogP contribution in [0.3, 0.4) is 0 Å². The number of aldehydes is 1. The minimum absolute atomic E-state index is 0.0225. The number of carbonyl (C=O) groups is 1. The molecule has 1 atom stereocenters. The van der Waals surface area contributed by atoms with E-state index >= 15 is 0 Å². The molecule has 0 aliphatic heterocycles. The summed E-state index contributed by atoms with van der Waals surface area (Å²) < 4.78 is 13.2. The Bertz CT molecular complexity index is 436. The SMILES string of the molecule is CC(C)C(C#N)(CCC=O)c1cccc(F)c1. The molecule has 17 heavy (non-hydrogen) atoms. The summed E-state index contributed by atoms with van der Waals surface area (Å²) >= 11 is 0. The Morgan fingerprint density at radius 3 is 2.71 bits per heavy atom. The first-order valence-corrected chi connectivity index (χ1v) is 5.67. The predicted octanol–water partition coefficient (Wildman–Crippen LogP) is 3.22. The molecule has 1 rings (SSSR count). The van der Waals surface area contributed by atoms with Crippen molar-refractivity contribution < 1.29 is 9.18 Å². The zero-order valence-electron chi connectivity index (χ0n) is 10.1. The van der Waals surface area contributed by atoms with Crippen molar-refractivity contribution in [1.82, 2.24) is 0 Å². The lowest BCUT2D eigenvalue weighted by molar-refractivity contribution is -0.108. The lowest BCUT2D eigenvalue weighted by Gasteiger charge is -2.30. The number of hydrogen-bond donors (Lipinski definition) is 0. The van der Waals surface area contributed by atoms with Crippen LogP contribution in [0.5, 0.6) is 0 Å². The Kier molecular flexibility index (Phi) is 4.39. The third-order valence-electron chi connectivity index (χ3n) is 3.18. The van der Waals surface area contributed by atoms with Gasteiger partial charge in [-0.1, -0.05) is 26.0 Å². The molecule has 1 aromatic carbocycles. The fourth-order valence-corrected chi connectivity index (χ4v) is 2.07. The van der Waals surface area contributed by atoms with Crippen molar-refractivity contribution in [2.24, 2.45) is 5.92 Å². The normalized spacial score (nSPS) is 14.1. The van der Waals surface area contributed by atoms with E-state index in [1.54, 1.807) is 12.1 Å². The van der Waals surface area contributed by atoms with Gasteiger partial charge < -0.3 is 4.79 Å². The zero-order chi connectivity index (χ0) is 12.9. The Hall–Kier alpha value is -1.69. The van der Waals surface area contributed by atoms with Gasteiger partial charge in [-0.05, 0) is 30.0 Å². The van der Waals surface area contributed by atoms with E-state index in [2.05, 4.69) is 6.07 Å². The third-order valence-corrected chi connectivity index (χ3v) is 3.18. The van der Waals surface area contributed by atoms with Crippen LogP contribution in [0.25, 0.3) is 0 Å². The number of nitrogens with zero attached hydrogens (tertiary/aromatic N) is 1. The van der Waals surface area contributed by atoms with Gasteiger partial charge in [-0.3, -0.25) is 0 Å². The minimum atomic E-state index is -0.789. The molecule has 0 radical (unpaired) electrons. The van der Waals surface area contributed by atoms with E-state index in [-0.39, 0.29) is 11.7 Å². The first-order valence-electron chi connectivity index (χ1n) is 5.67. The van der Waals surface area contributed by atoms with Gasteiger partial charge in [0.05, 0.1) is 11.5 Å². The van der Waals surface area contributed by atoms with Crippen molar-refractivity contribution >= 4 is 6.29 Å². The van der Waals surface area contributed by atoms with Crippen LogP contribution >= 0.6 is 0 Å². The van der Waals surface area contributed by atoms with Gasteiger partial charge in [0.15, 0.2) is 0 Å². The monoisotopic (exact) mass is 233 g/mol. The van der Waals surface area contributed by atoms with Gasteiger partial charge >= 0.3 is 0 Å². The second-order valence-electron chi connectivity index (χ2n) is 4.45. The molecule has 0 heterocycles. The van der Waals surface area contributed by atoms with Gasteiger partial charge in [-0.2, -0.15) is 5.26 Å². The molecule has 0 fully saturated rings. The van der Waals surface area contributed by atoms with Crippen LogP contribution in [0.1, 0.15) is 32.3 Å². The van der Waals surface area contributed by atoms with Crippen molar-refractivity contribution in [2.75, 3.05) is 0 Å². The van der Waals surface area contributed by atoms with Gasteiger partial charge in [0.1, 0.15) is 12.1 Å². The molecule has 0 bridgehead atoms. The average molecular weight is 233 g/mol. The van der Waals surface area contributed by atoms with Crippen LogP contribution in [0.4, 0.5) is 4.39 Å². The Labute approximate surface area is 101 Å². The third kappa shape index (κ3) is 2.71. The van der Waals surface area contributed by atoms with Gasteiger partial charge in [-0.25, -0.2) is 4.39 Å². The first kappa shape index (κ1) is 13.4. The molecule has 3 heteroatoms. The van der Waals surface area contributed by atoms with E-state index in [0.717, 1.165) is 6.29 Å². The predicted molar refractivity (Wildman–Crippen MR) is 63.8 cm³/mol. The summed E-state index contributed by atoms with van der Waals surface area (Å²) in [5.74, 6) is -0.330. The average Bonchev–Trinajstić information content (AvgIpc) is 2.30. The van der Waals surface area contributed by atoms with Crippen molar-refractivity contribution in [2.45, 2.75) is 32.1 Å². The summed E-state index contributed by atoms with van der Waals surface area (Å²) in [4.78, 5) is 10.5. The van der Waals surface area contributed by atoms with Crippen molar-refractivity contribution in [1.29, 1.82) is 5.26 Å². The first-order chi connectivity index (χ1) is 8.06. The molecule has 0 aliphatic carbocycles. The molecular weight excluding hydrogens is 217 g/mol. The van der Waals surface area contributed by atoms with Gasteiger partial charge in [0.2, 0.25) is 0 Å². The van der Waals surface area contributed by atoms with E-state index in [1.165, 1.54) is 12.1 Å². The highest BCUT2D eigenvalue weighted by Gasteiger charge is 2.35. The van der Waals surface area contributed by atoms with E-state index < -0.39 is 5.41 Å². The number of nitriles is 1. The van der Waals surface area contributed by atoms with Crippen LogP contribution in [0.2, 0.25) is 0 Å². The highest BCUT2D eigenvalue weighted by molar-refractivity contribution is 5.50. The fraction of sp³-hybridized carbons (Fsp3) is 0.429. The summed E-state index contributed by atoms with van der Waals surface area (Å²) in [6.07, 6.45) is 1.53. The van der Waals surface area contributed by atoms with Crippen LogP contribution in [0.15, 0.2) is 24.3 Å². The molecule has 0 aliphatic rings. The Morgan fingerprint density at radius 2 is 2.24 bits per heavy atom. The smallest absolute Gasteiger partial charge is 0.123 e. The highest BCUT2D eigenvalue weighted by atomic mass is 19.1. The van der Waals surface area contributed by atoms with Crippen molar-refractivity contribution in [3.05, 3.63) is 35.6 Å². The molecule has 1 aromatic rings. The van der Waals surface area contributed by atoms with Crippen molar-refractivity contribution in [3.8, 4) is 6.07 Å². The number of halogens is 1. The number of hydrogen-bond acceptors (Lipinski definition) is 2. The molecule has 2 nitrogen and oxygen atoms in total. The molecule has 0 saturated carbocycles. The van der Waals surface area contributed by atoms with E-state index in [0.29, 0.717) is 18.4 Å².